The van der Waals surface area contributed by atoms with E-state index >= 15 is 0 Å². The zero-order valence-electron chi connectivity index (χ0n) is 8.65. The average molecular weight is 231 g/mol. The van der Waals surface area contributed by atoms with Crippen molar-refractivity contribution in [1.82, 2.24) is 5.32 Å². The summed E-state index contributed by atoms with van der Waals surface area (Å²) in [5.74, 6) is 0.560. The van der Waals surface area contributed by atoms with E-state index in [9.17, 15) is 8.42 Å². The van der Waals surface area contributed by atoms with Gasteiger partial charge in [0.15, 0.2) is 15.8 Å². The van der Waals surface area contributed by atoms with Crippen LogP contribution in [0.5, 0.6) is 0 Å². The minimum absolute atomic E-state index is 0.262. The third-order valence-corrected chi connectivity index (χ3v) is 4.61. The summed E-state index contributed by atoms with van der Waals surface area (Å²) in [4.78, 5) is 4.00. The van der Waals surface area contributed by atoms with E-state index in [1.165, 1.54) is 0 Å². The van der Waals surface area contributed by atoms with Gasteiger partial charge in [0.1, 0.15) is 0 Å². The van der Waals surface area contributed by atoms with Crippen molar-refractivity contribution >= 4 is 15.8 Å². The average Bonchev–Trinajstić information content (AvgIpc) is 2.51. The maximum atomic E-state index is 11.4. The van der Waals surface area contributed by atoms with Crippen LogP contribution in [0.4, 0.5) is 0 Å². The minimum atomic E-state index is -2.91. The second-order valence-electron chi connectivity index (χ2n) is 3.53. The van der Waals surface area contributed by atoms with Crippen molar-refractivity contribution in [3.8, 4) is 0 Å². The number of aliphatic imine (C=N–C) groups is 1. The molecule has 1 rings (SSSR count). The second kappa shape index (κ2) is 5.16. The van der Waals surface area contributed by atoms with Crippen molar-refractivity contribution in [3.05, 3.63) is 12.7 Å². The topological polar surface area (TPSA) is 84.5 Å². The number of nitrogens with one attached hydrogen (secondary N) is 1. The number of guanidine groups is 1. The predicted octanol–water partition coefficient (Wildman–Crippen LogP) is -0.346. The third-order valence-electron chi connectivity index (χ3n) is 2.36. The molecule has 1 saturated heterocycles. The first kappa shape index (κ1) is 12.0. The summed E-state index contributed by atoms with van der Waals surface area (Å²) in [5, 5.41) is 2.45. The number of hydrogen-bond donors (Lipinski definition) is 2. The van der Waals surface area contributed by atoms with Crippen molar-refractivity contribution < 1.29 is 8.42 Å². The van der Waals surface area contributed by atoms with Gasteiger partial charge >= 0.3 is 0 Å². The summed E-state index contributed by atoms with van der Waals surface area (Å²) in [6.07, 6.45) is 3.10. The van der Waals surface area contributed by atoms with E-state index in [-0.39, 0.29) is 23.5 Å². The highest BCUT2D eigenvalue weighted by molar-refractivity contribution is 7.92. The molecule has 5 nitrogen and oxygen atoms in total. The van der Waals surface area contributed by atoms with Crippen molar-refractivity contribution in [3.63, 3.8) is 0 Å². The Kier molecular flexibility index (Phi) is 4.14. The van der Waals surface area contributed by atoms with E-state index in [0.29, 0.717) is 13.0 Å². The summed E-state index contributed by atoms with van der Waals surface area (Å²) in [6, 6.07) is 0. The molecule has 0 radical (unpaired) electrons. The van der Waals surface area contributed by atoms with Gasteiger partial charge in [-0.15, -0.1) is 6.58 Å². The first-order chi connectivity index (χ1) is 7.06. The van der Waals surface area contributed by atoms with Gasteiger partial charge in [-0.05, 0) is 12.8 Å². The SMILES string of the molecule is C=CCNC(N)=NCC1CCCS1(=O)=O. The van der Waals surface area contributed by atoms with E-state index in [1.807, 2.05) is 0 Å². The standard InChI is InChI=1S/C9H17N3O2S/c1-2-5-11-9(10)12-7-8-4-3-6-15(8,13)14/h2,8H,1,3-7H2,(H3,10,11,12). The van der Waals surface area contributed by atoms with Gasteiger partial charge in [0.2, 0.25) is 0 Å². The number of rotatable bonds is 4. The molecule has 0 aromatic heterocycles. The molecule has 1 atom stereocenters. The maximum absolute atomic E-state index is 11.4. The molecule has 6 heteroatoms. The zero-order valence-corrected chi connectivity index (χ0v) is 9.46. The van der Waals surface area contributed by atoms with E-state index in [4.69, 9.17) is 5.73 Å². The lowest BCUT2D eigenvalue weighted by atomic mass is 10.2. The van der Waals surface area contributed by atoms with Gasteiger partial charge < -0.3 is 11.1 Å². The first-order valence-electron chi connectivity index (χ1n) is 4.92. The van der Waals surface area contributed by atoms with E-state index < -0.39 is 9.84 Å². The Morgan fingerprint density at radius 3 is 2.93 bits per heavy atom. The van der Waals surface area contributed by atoms with Crippen LogP contribution in [0, 0.1) is 0 Å². The Morgan fingerprint density at radius 1 is 1.67 bits per heavy atom. The van der Waals surface area contributed by atoms with Gasteiger partial charge in [-0.25, -0.2) is 8.42 Å². The summed E-state index contributed by atoms with van der Waals surface area (Å²) < 4.78 is 22.9. The molecule has 15 heavy (non-hydrogen) atoms. The lowest BCUT2D eigenvalue weighted by molar-refractivity contribution is 0.590. The molecule has 86 valence electrons. The van der Waals surface area contributed by atoms with Crippen LogP contribution < -0.4 is 11.1 Å². The largest absolute Gasteiger partial charge is 0.370 e. The van der Waals surface area contributed by atoms with Gasteiger partial charge in [-0.2, -0.15) is 0 Å². The number of hydrogen-bond acceptors (Lipinski definition) is 3. The number of sulfone groups is 1. The molecule has 1 aliphatic heterocycles. The van der Waals surface area contributed by atoms with Crippen LogP contribution in [0.15, 0.2) is 17.6 Å². The normalized spacial score (nSPS) is 25.1. The van der Waals surface area contributed by atoms with Crippen LogP contribution in [0.2, 0.25) is 0 Å². The second-order valence-corrected chi connectivity index (χ2v) is 5.93. The molecule has 0 amide bonds. The summed E-state index contributed by atoms with van der Waals surface area (Å²) in [6.45, 7) is 4.32. The zero-order chi connectivity index (χ0) is 11.3. The number of nitrogens with two attached hydrogens (primary N) is 1. The van der Waals surface area contributed by atoms with Crippen LogP contribution in [0.25, 0.3) is 0 Å². The van der Waals surface area contributed by atoms with Gasteiger partial charge in [-0.1, -0.05) is 6.08 Å². The van der Waals surface area contributed by atoms with Gasteiger partial charge in [0.25, 0.3) is 0 Å². The maximum Gasteiger partial charge on any atom is 0.188 e. The van der Waals surface area contributed by atoms with Crippen molar-refractivity contribution in [1.29, 1.82) is 0 Å². The van der Waals surface area contributed by atoms with Crippen molar-refractivity contribution in [2.24, 2.45) is 10.7 Å². The Labute approximate surface area is 90.4 Å². The molecule has 0 aromatic rings. The fourth-order valence-corrected chi connectivity index (χ4v) is 3.23. The van der Waals surface area contributed by atoms with Crippen LogP contribution in [-0.2, 0) is 9.84 Å². The van der Waals surface area contributed by atoms with E-state index in [1.54, 1.807) is 6.08 Å². The molecular weight excluding hydrogens is 214 g/mol. The van der Waals surface area contributed by atoms with Gasteiger partial charge in [0, 0.05) is 6.54 Å². The minimum Gasteiger partial charge on any atom is -0.370 e. The fourth-order valence-electron chi connectivity index (χ4n) is 1.50. The number of nitrogens with zero attached hydrogens (tertiary/aromatic N) is 1. The molecule has 0 saturated carbocycles. The Hall–Kier alpha value is -1.04. The molecule has 3 N–H and O–H groups in total. The smallest absolute Gasteiger partial charge is 0.188 e. The van der Waals surface area contributed by atoms with E-state index in [2.05, 4.69) is 16.9 Å². The third kappa shape index (κ3) is 3.54. The van der Waals surface area contributed by atoms with Crippen LogP contribution in [-0.4, -0.2) is 38.5 Å². The predicted molar refractivity (Wildman–Crippen MR) is 61.5 cm³/mol. The highest BCUT2D eigenvalue weighted by Gasteiger charge is 2.30. The molecule has 1 unspecified atom stereocenters. The highest BCUT2D eigenvalue weighted by Crippen LogP contribution is 2.19. The molecule has 1 aliphatic rings. The Morgan fingerprint density at radius 2 is 2.40 bits per heavy atom. The highest BCUT2D eigenvalue weighted by atomic mass is 32.2. The van der Waals surface area contributed by atoms with E-state index in [0.717, 1.165) is 6.42 Å². The molecular formula is C9H17N3O2S. The van der Waals surface area contributed by atoms with Gasteiger partial charge in [0.05, 0.1) is 17.5 Å². The summed E-state index contributed by atoms with van der Waals surface area (Å²) >= 11 is 0. The Bertz CT molecular complexity index is 348. The van der Waals surface area contributed by atoms with Gasteiger partial charge in [-0.3, -0.25) is 4.99 Å². The van der Waals surface area contributed by atoms with Crippen molar-refractivity contribution in [2.75, 3.05) is 18.8 Å². The molecule has 0 bridgehead atoms. The molecule has 1 fully saturated rings. The van der Waals surface area contributed by atoms with Crippen LogP contribution in [0.3, 0.4) is 0 Å². The Balaban J connectivity index is 2.45. The molecule has 0 spiro atoms. The molecule has 0 aliphatic carbocycles. The van der Waals surface area contributed by atoms with Crippen LogP contribution in [0.1, 0.15) is 12.8 Å². The summed E-state index contributed by atoms with van der Waals surface area (Å²) in [5.41, 5.74) is 5.52. The lowest BCUT2D eigenvalue weighted by Gasteiger charge is -2.06. The fraction of sp³-hybridized carbons (Fsp3) is 0.667. The summed E-state index contributed by atoms with van der Waals surface area (Å²) in [7, 11) is -2.91. The first-order valence-corrected chi connectivity index (χ1v) is 6.64. The quantitative estimate of drug-likeness (QED) is 0.393. The molecule has 0 aromatic carbocycles. The lowest BCUT2D eigenvalue weighted by Crippen LogP contribution is -2.33. The molecule has 1 heterocycles. The van der Waals surface area contributed by atoms with Crippen LogP contribution >= 0.6 is 0 Å². The monoisotopic (exact) mass is 231 g/mol. The van der Waals surface area contributed by atoms with Crippen molar-refractivity contribution in [2.45, 2.75) is 18.1 Å².